The van der Waals surface area contributed by atoms with Crippen molar-refractivity contribution in [2.45, 2.75) is 32.9 Å². The van der Waals surface area contributed by atoms with Gasteiger partial charge in [0.05, 0.1) is 11.5 Å². The Kier molecular flexibility index (Phi) is 4.62. The number of sulfone groups is 1. The van der Waals surface area contributed by atoms with Crippen molar-refractivity contribution in [1.82, 2.24) is 24.5 Å². The van der Waals surface area contributed by atoms with E-state index in [1.807, 2.05) is 50.2 Å². The molecule has 0 saturated carbocycles. The lowest BCUT2D eigenvalue weighted by Gasteiger charge is -2.27. The molecule has 1 amide bonds. The summed E-state index contributed by atoms with van der Waals surface area (Å²) in [6.45, 7) is 4.03. The highest BCUT2D eigenvalue weighted by molar-refractivity contribution is 7.91. The molecule has 1 aliphatic rings. The Morgan fingerprint density at radius 2 is 1.96 bits per heavy atom. The standard InChI is InChI=1S/C19H21N5O3S/c1-13-10-14(2)24-19(20-13)21-17(22-24)18(25)23(11-15-6-4-3-5-7-15)16-8-9-28(26,27)12-16/h3-7,10,16H,8-9,11-12H2,1-2H3/t16-/m1/s1. The van der Waals surface area contributed by atoms with E-state index in [-0.39, 0.29) is 29.3 Å². The van der Waals surface area contributed by atoms with E-state index in [2.05, 4.69) is 15.1 Å². The largest absolute Gasteiger partial charge is 0.328 e. The third-order valence-electron chi connectivity index (χ3n) is 4.92. The molecule has 4 rings (SSSR count). The topological polar surface area (TPSA) is 97.5 Å². The first-order valence-electron chi connectivity index (χ1n) is 9.09. The van der Waals surface area contributed by atoms with E-state index >= 15 is 0 Å². The molecule has 0 bridgehead atoms. The molecule has 8 nitrogen and oxygen atoms in total. The van der Waals surface area contributed by atoms with Gasteiger partial charge >= 0.3 is 0 Å². The SMILES string of the molecule is Cc1cc(C)n2nc(C(=O)N(Cc3ccccc3)[C@@H]3CCS(=O)(=O)C3)nc2n1. The maximum atomic E-state index is 13.3. The summed E-state index contributed by atoms with van der Waals surface area (Å²) in [5.41, 5.74) is 2.54. The second-order valence-electron chi connectivity index (χ2n) is 7.16. The molecular formula is C19H21N5O3S. The Balaban J connectivity index is 1.71. The zero-order chi connectivity index (χ0) is 19.9. The third kappa shape index (κ3) is 3.62. The van der Waals surface area contributed by atoms with E-state index in [4.69, 9.17) is 0 Å². The number of rotatable bonds is 4. The molecule has 0 unspecified atom stereocenters. The van der Waals surface area contributed by atoms with E-state index < -0.39 is 9.84 Å². The van der Waals surface area contributed by atoms with Crippen LogP contribution in [0.2, 0.25) is 0 Å². The maximum Gasteiger partial charge on any atom is 0.294 e. The quantitative estimate of drug-likeness (QED) is 0.661. The predicted octanol–water partition coefficient (Wildman–Crippen LogP) is 1.57. The van der Waals surface area contributed by atoms with Gasteiger partial charge in [-0.25, -0.2) is 17.9 Å². The van der Waals surface area contributed by atoms with Crippen molar-refractivity contribution in [3.8, 4) is 0 Å². The number of benzene rings is 1. The van der Waals surface area contributed by atoms with Crippen LogP contribution >= 0.6 is 0 Å². The summed E-state index contributed by atoms with van der Waals surface area (Å²) in [4.78, 5) is 23.5. The lowest BCUT2D eigenvalue weighted by molar-refractivity contribution is 0.0668. The molecule has 0 spiro atoms. The minimum absolute atomic E-state index is 0.0291. The molecule has 1 fully saturated rings. The average molecular weight is 399 g/mol. The van der Waals surface area contributed by atoms with Gasteiger partial charge in [-0.1, -0.05) is 30.3 Å². The fourth-order valence-corrected chi connectivity index (χ4v) is 5.28. The zero-order valence-electron chi connectivity index (χ0n) is 15.7. The van der Waals surface area contributed by atoms with Crippen LogP contribution in [0.5, 0.6) is 0 Å². The number of hydrogen-bond acceptors (Lipinski definition) is 6. The van der Waals surface area contributed by atoms with Crippen molar-refractivity contribution < 1.29 is 13.2 Å². The summed E-state index contributed by atoms with van der Waals surface area (Å²) in [6, 6.07) is 11.0. The molecule has 0 N–H and O–H groups in total. The number of fused-ring (bicyclic) bond motifs is 1. The van der Waals surface area contributed by atoms with Gasteiger partial charge in [-0.2, -0.15) is 4.98 Å². The van der Waals surface area contributed by atoms with Gasteiger partial charge in [0.1, 0.15) is 0 Å². The Hall–Kier alpha value is -2.81. The van der Waals surface area contributed by atoms with Crippen molar-refractivity contribution in [3.63, 3.8) is 0 Å². The summed E-state index contributed by atoms with van der Waals surface area (Å²) in [6.07, 6.45) is 0.421. The maximum absolute atomic E-state index is 13.3. The van der Waals surface area contributed by atoms with E-state index in [0.717, 1.165) is 17.0 Å². The van der Waals surface area contributed by atoms with Crippen LogP contribution in [0.25, 0.3) is 5.78 Å². The molecule has 2 aromatic heterocycles. The Morgan fingerprint density at radius 3 is 2.64 bits per heavy atom. The van der Waals surface area contributed by atoms with Crippen molar-refractivity contribution in [2.24, 2.45) is 0 Å². The highest BCUT2D eigenvalue weighted by Gasteiger charge is 2.36. The van der Waals surface area contributed by atoms with Gasteiger partial charge in [-0.05, 0) is 31.9 Å². The Morgan fingerprint density at radius 1 is 1.21 bits per heavy atom. The monoisotopic (exact) mass is 399 g/mol. The van der Waals surface area contributed by atoms with E-state index in [1.165, 1.54) is 4.52 Å². The number of aryl methyl sites for hydroxylation is 2. The van der Waals surface area contributed by atoms with Crippen LogP contribution in [-0.4, -0.2) is 56.4 Å². The second-order valence-corrected chi connectivity index (χ2v) is 9.39. The molecule has 1 aromatic carbocycles. The summed E-state index contributed by atoms with van der Waals surface area (Å²) >= 11 is 0. The van der Waals surface area contributed by atoms with Crippen LogP contribution in [0.4, 0.5) is 0 Å². The van der Waals surface area contributed by atoms with E-state index in [9.17, 15) is 13.2 Å². The lowest BCUT2D eigenvalue weighted by atomic mass is 10.1. The van der Waals surface area contributed by atoms with Crippen LogP contribution in [0, 0.1) is 13.8 Å². The first-order valence-corrected chi connectivity index (χ1v) is 10.9. The summed E-state index contributed by atoms with van der Waals surface area (Å²) in [5, 5.41) is 4.33. The smallest absolute Gasteiger partial charge is 0.294 e. The molecule has 28 heavy (non-hydrogen) atoms. The summed E-state index contributed by atoms with van der Waals surface area (Å²) in [7, 11) is -3.14. The van der Waals surface area contributed by atoms with Gasteiger partial charge in [0, 0.05) is 24.0 Å². The highest BCUT2D eigenvalue weighted by atomic mass is 32.2. The molecule has 0 radical (unpaired) electrons. The average Bonchev–Trinajstić information content (AvgIpc) is 3.23. The minimum Gasteiger partial charge on any atom is -0.328 e. The molecule has 1 saturated heterocycles. The molecule has 9 heteroatoms. The van der Waals surface area contributed by atoms with Gasteiger partial charge < -0.3 is 4.90 Å². The molecule has 1 aliphatic heterocycles. The number of nitrogens with zero attached hydrogens (tertiary/aromatic N) is 5. The third-order valence-corrected chi connectivity index (χ3v) is 6.67. The van der Waals surface area contributed by atoms with E-state index in [1.54, 1.807) is 4.90 Å². The number of carbonyl (C=O) groups is 1. The van der Waals surface area contributed by atoms with Gasteiger partial charge in [0.2, 0.25) is 5.82 Å². The normalized spacial score (nSPS) is 18.4. The van der Waals surface area contributed by atoms with Gasteiger partial charge in [0.25, 0.3) is 11.7 Å². The van der Waals surface area contributed by atoms with Crippen molar-refractivity contribution >= 4 is 21.5 Å². The highest BCUT2D eigenvalue weighted by Crippen LogP contribution is 2.22. The van der Waals surface area contributed by atoms with Crippen molar-refractivity contribution in [3.05, 3.63) is 59.2 Å². The Labute approximate surface area is 163 Å². The van der Waals surface area contributed by atoms with Crippen LogP contribution in [0.15, 0.2) is 36.4 Å². The second kappa shape index (κ2) is 6.97. The fraction of sp³-hybridized carbons (Fsp3) is 0.368. The van der Waals surface area contributed by atoms with E-state index in [0.29, 0.717) is 18.7 Å². The summed E-state index contributed by atoms with van der Waals surface area (Å²) < 4.78 is 25.5. The van der Waals surface area contributed by atoms with Crippen LogP contribution in [0.1, 0.15) is 34.0 Å². The molecular weight excluding hydrogens is 378 g/mol. The van der Waals surface area contributed by atoms with Crippen molar-refractivity contribution in [2.75, 3.05) is 11.5 Å². The molecule has 3 aromatic rings. The van der Waals surface area contributed by atoms with Crippen LogP contribution in [-0.2, 0) is 16.4 Å². The zero-order valence-corrected chi connectivity index (χ0v) is 16.6. The van der Waals surface area contributed by atoms with Gasteiger partial charge in [-0.3, -0.25) is 4.79 Å². The van der Waals surface area contributed by atoms with Gasteiger partial charge in [0.15, 0.2) is 9.84 Å². The first-order chi connectivity index (χ1) is 13.3. The molecule has 3 heterocycles. The number of aromatic nitrogens is 4. The number of amides is 1. The first kappa shape index (κ1) is 18.5. The predicted molar refractivity (Wildman–Crippen MR) is 104 cm³/mol. The molecule has 146 valence electrons. The lowest BCUT2D eigenvalue weighted by Crippen LogP contribution is -2.41. The number of hydrogen-bond donors (Lipinski definition) is 0. The molecule has 1 atom stereocenters. The summed E-state index contributed by atoms with van der Waals surface area (Å²) in [5.74, 6) is 0.0683. The van der Waals surface area contributed by atoms with Gasteiger partial charge in [-0.15, -0.1) is 5.10 Å². The minimum atomic E-state index is -3.14. The Bertz CT molecular complexity index is 1140. The fourth-order valence-electron chi connectivity index (χ4n) is 3.55. The van der Waals surface area contributed by atoms with Crippen molar-refractivity contribution in [1.29, 1.82) is 0 Å². The van der Waals surface area contributed by atoms with Crippen LogP contribution < -0.4 is 0 Å². The number of carbonyl (C=O) groups excluding carboxylic acids is 1. The van der Waals surface area contributed by atoms with Crippen LogP contribution in [0.3, 0.4) is 0 Å². The molecule has 0 aliphatic carbocycles.